The molecule has 6 heteroatoms. The Morgan fingerprint density at radius 1 is 1.17 bits per heavy atom. The molecule has 1 aliphatic carbocycles. The molecule has 0 saturated carbocycles. The van der Waals surface area contributed by atoms with Crippen LogP contribution in [0.3, 0.4) is 0 Å². The summed E-state index contributed by atoms with van der Waals surface area (Å²) < 4.78 is 7.28. The first-order valence-corrected chi connectivity index (χ1v) is 7.71. The zero-order chi connectivity index (χ0) is 15.8. The average Bonchev–Trinajstić information content (AvgIpc) is 3.17. The zero-order valence-corrected chi connectivity index (χ0v) is 12.9. The smallest absolute Gasteiger partial charge is 0.245 e. The summed E-state index contributed by atoms with van der Waals surface area (Å²) in [4.78, 5) is 12.8. The first kappa shape index (κ1) is 14.1. The van der Waals surface area contributed by atoms with Gasteiger partial charge in [-0.1, -0.05) is 24.3 Å². The highest BCUT2D eigenvalue weighted by atomic mass is 16.5. The lowest BCUT2D eigenvalue weighted by atomic mass is 10.0. The van der Waals surface area contributed by atoms with E-state index in [9.17, 15) is 5.11 Å². The Hall–Kier alpha value is -2.47. The van der Waals surface area contributed by atoms with Crippen LogP contribution in [0.4, 0.5) is 0 Å². The molecule has 2 aromatic heterocycles. The van der Waals surface area contributed by atoms with Crippen LogP contribution in [-0.2, 0) is 6.54 Å². The predicted octanol–water partition coefficient (Wildman–Crippen LogP) is 2.10. The largest absolute Gasteiger partial charge is 0.479 e. The minimum absolute atomic E-state index is 0.189. The van der Waals surface area contributed by atoms with Gasteiger partial charge in [-0.05, 0) is 17.5 Å². The number of hydrogen-bond donors (Lipinski definition) is 1. The first-order chi connectivity index (χ1) is 11.3. The van der Waals surface area contributed by atoms with Gasteiger partial charge in [-0.3, -0.25) is 0 Å². The van der Waals surface area contributed by atoms with E-state index >= 15 is 0 Å². The number of nitrogens with zero attached hydrogens (tertiary/aromatic N) is 4. The molecule has 23 heavy (non-hydrogen) atoms. The maximum atomic E-state index is 9.64. The third-order valence-electron chi connectivity index (χ3n) is 4.64. The number of ether oxygens (including phenoxy) is 1. The normalized spacial score (nSPS) is 19.9. The molecule has 6 nitrogen and oxygen atoms in total. The van der Waals surface area contributed by atoms with Crippen molar-refractivity contribution in [3.63, 3.8) is 0 Å². The molecule has 4 rings (SSSR count). The molecule has 0 fully saturated rings. The number of hydrogen-bond acceptors (Lipinski definition) is 5. The number of methoxy groups -OCH3 is 1. The van der Waals surface area contributed by atoms with E-state index in [0.29, 0.717) is 17.3 Å². The van der Waals surface area contributed by atoms with Gasteiger partial charge in [-0.25, -0.2) is 9.97 Å². The highest BCUT2D eigenvalue weighted by Crippen LogP contribution is 2.42. The third kappa shape index (κ3) is 2.26. The van der Waals surface area contributed by atoms with Crippen molar-refractivity contribution in [2.24, 2.45) is 0 Å². The standard InChI is InChI=1S/C17H18N4O2/c1-23-17-15-16(18-9-19-17)21(10-20-15)7-11-6-12(8-22)14-5-3-2-4-13(11)14/h2-5,9-12,22H,6-8H2,1H3/t11-,12+/m1/s1. The Labute approximate surface area is 133 Å². The Bertz CT molecular complexity index is 845. The van der Waals surface area contributed by atoms with Crippen LogP contribution in [0.2, 0.25) is 0 Å². The fourth-order valence-corrected chi connectivity index (χ4v) is 3.58. The van der Waals surface area contributed by atoms with Gasteiger partial charge >= 0.3 is 0 Å². The molecule has 118 valence electrons. The summed E-state index contributed by atoms with van der Waals surface area (Å²) in [5, 5.41) is 9.64. The van der Waals surface area contributed by atoms with Crippen LogP contribution < -0.4 is 4.74 Å². The molecule has 0 unspecified atom stereocenters. The fourth-order valence-electron chi connectivity index (χ4n) is 3.58. The quantitative estimate of drug-likeness (QED) is 0.799. The molecule has 0 saturated heterocycles. The van der Waals surface area contributed by atoms with Gasteiger partial charge in [0.05, 0.1) is 13.4 Å². The summed E-state index contributed by atoms with van der Waals surface area (Å²) in [5.74, 6) is 1.06. The molecule has 0 bridgehead atoms. The minimum Gasteiger partial charge on any atom is -0.479 e. The van der Waals surface area contributed by atoms with Crippen molar-refractivity contribution in [1.82, 2.24) is 19.5 Å². The molecule has 2 heterocycles. The number of fused-ring (bicyclic) bond motifs is 2. The van der Waals surface area contributed by atoms with Gasteiger partial charge in [0.25, 0.3) is 0 Å². The highest BCUT2D eigenvalue weighted by Gasteiger charge is 2.30. The van der Waals surface area contributed by atoms with E-state index in [1.807, 2.05) is 10.6 Å². The Kier molecular flexibility index (Phi) is 3.46. The van der Waals surface area contributed by atoms with Gasteiger partial charge < -0.3 is 14.4 Å². The molecule has 3 aromatic rings. The van der Waals surface area contributed by atoms with Crippen molar-refractivity contribution in [2.75, 3.05) is 13.7 Å². The van der Waals surface area contributed by atoms with Crippen LogP contribution in [0.5, 0.6) is 5.88 Å². The van der Waals surface area contributed by atoms with Crippen LogP contribution in [0, 0.1) is 0 Å². The SMILES string of the molecule is COc1ncnc2c1ncn2C[C@H]1C[C@@H](CO)c2ccccc21. The van der Waals surface area contributed by atoms with E-state index < -0.39 is 0 Å². The van der Waals surface area contributed by atoms with Crippen LogP contribution in [-0.4, -0.2) is 38.3 Å². The second-order valence-corrected chi connectivity index (χ2v) is 5.89. The summed E-state index contributed by atoms with van der Waals surface area (Å²) in [5.41, 5.74) is 4.04. The zero-order valence-electron chi connectivity index (χ0n) is 12.9. The number of imidazole rings is 1. The van der Waals surface area contributed by atoms with Crippen molar-refractivity contribution in [3.05, 3.63) is 48.0 Å². The predicted molar refractivity (Wildman–Crippen MR) is 85.5 cm³/mol. The van der Waals surface area contributed by atoms with Crippen molar-refractivity contribution in [1.29, 1.82) is 0 Å². The molecule has 2 atom stereocenters. The number of benzene rings is 1. The van der Waals surface area contributed by atoms with E-state index in [2.05, 4.69) is 33.2 Å². The van der Waals surface area contributed by atoms with Crippen molar-refractivity contribution >= 4 is 11.2 Å². The third-order valence-corrected chi connectivity index (χ3v) is 4.64. The summed E-state index contributed by atoms with van der Waals surface area (Å²) in [6.07, 6.45) is 4.23. The number of aliphatic hydroxyl groups excluding tert-OH is 1. The summed E-state index contributed by atoms with van der Waals surface area (Å²) >= 11 is 0. The number of rotatable bonds is 4. The maximum absolute atomic E-state index is 9.64. The molecular weight excluding hydrogens is 292 g/mol. The molecule has 1 aromatic carbocycles. The molecular formula is C17H18N4O2. The van der Waals surface area contributed by atoms with E-state index in [1.54, 1.807) is 13.4 Å². The van der Waals surface area contributed by atoms with Gasteiger partial charge in [0.15, 0.2) is 11.2 Å². The number of aliphatic hydroxyl groups is 1. The Morgan fingerprint density at radius 2 is 1.96 bits per heavy atom. The van der Waals surface area contributed by atoms with Crippen LogP contribution >= 0.6 is 0 Å². The molecule has 1 aliphatic rings. The maximum Gasteiger partial charge on any atom is 0.245 e. The lowest BCUT2D eigenvalue weighted by Crippen LogP contribution is -2.07. The fraction of sp³-hybridized carbons (Fsp3) is 0.353. The van der Waals surface area contributed by atoms with E-state index in [-0.39, 0.29) is 12.5 Å². The van der Waals surface area contributed by atoms with Gasteiger partial charge in [0.2, 0.25) is 5.88 Å². The average molecular weight is 310 g/mol. The summed E-state index contributed by atoms with van der Waals surface area (Å²) in [6.45, 7) is 0.971. The topological polar surface area (TPSA) is 73.1 Å². The second-order valence-electron chi connectivity index (χ2n) is 5.89. The van der Waals surface area contributed by atoms with Crippen molar-refractivity contribution in [2.45, 2.75) is 24.8 Å². The van der Waals surface area contributed by atoms with Gasteiger partial charge in [-0.15, -0.1) is 0 Å². The molecule has 0 amide bonds. The van der Waals surface area contributed by atoms with E-state index in [0.717, 1.165) is 18.6 Å². The van der Waals surface area contributed by atoms with E-state index in [4.69, 9.17) is 4.74 Å². The Morgan fingerprint density at radius 3 is 2.70 bits per heavy atom. The molecule has 1 N–H and O–H groups in total. The Balaban J connectivity index is 1.70. The number of aromatic nitrogens is 4. The molecule has 0 aliphatic heterocycles. The lowest BCUT2D eigenvalue weighted by Gasteiger charge is -2.13. The van der Waals surface area contributed by atoms with Crippen LogP contribution in [0.1, 0.15) is 29.4 Å². The van der Waals surface area contributed by atoms with Crippen molar-refractivity contribution in [3.8, 4) is 5.88 Å². The first-order valence-electron chi connectivity index (χ1n) is 7.71. The van der Waals surface area contributed by atoms with Gasteiger partial charge in [-0.2, -0.15) is 4.98 Å². The van der Waals surface area contributed by atoms with Gasteiger partial charge in [0.1, 0.15) is 6.33 Å². The summed E-state index contributed by atoms with van der Waals surface area (Å²) in [7, 11) is 1.58. The molecule has 0 spiro atoms. The van der Waals surface area contributed by atoms with Crippen molar-refractivity contribution < 1.29 is 9.84 Å². The minimum atomic E-state index is 0.189. The second kappa shape index (κ2) is 5.62. The lowest BCUT2D eigenvalue weighted by molar-refractivity contribution is 0.259. The van der Waals surface area contributed by atoms with E-state index in [1.165, 1.54) is 17.5 Å². The van der Waals surface area contributed by atoms with Crippen LogP contribution in [0.15, 0.2) is 36.9 Å². The molecule has 0 radical (unpaired) electrons. The van der Waals surface area contributed by atoms with Gasteiger partial charge in [0, 0.05) is 25.0 Å². The monoisotopic (exact) mass is 310 g/mol. The highest BCUT2D eigenvalue weighted by molar-refractivity contribution is 5.75. The van der Waals surface area contributed by atoms with Crippen LogP contribution in [0.25, 0.3) is 11.2 Å². The summed E-state index contributed by atoms with van der Waals surface area (Å²) in [6, 6.07) is 8.37.